The molecule has 1 atom stereocenters. The maximum atomic E-state index is 11.3. The van der Waals surface area contributed by atoms with Crippen LogP contribution in [0.1, 0.15) is 27.2 Å². The van der Waals surface area contributed by atoms with Gasteiger partial charge in [0.2, 0.25) is 0 Å². The van der Waals surface area contributed by atoms with E-state index < -0.39 is 0 Å². The summed E-state index contributed by atoms with van der Waals surface area (Å²) in [6, 6.07) is 0. The average molecular weight is 173 g/mol. The van der Waals surface area contributed by atoms with Crippen molar-refractivity contribution >= 4 is 5.97 Å². The number of hydrogen-bond donors (Lipinski definition) is 1. The number of nitrogens with two attached hydrogens (primary N) is 1. The van der Waals surface area contributed by atoms with E-state index in [4.69, 9.17) is 10.5 Å². The van der Waals surface area contributed by atoms with Gasteiger partial charge in [0.05, 0.1) is 5.92 Å². The third-order valence-electron chi connectivity index (χ3n) is 1.91. The molecule has 0 aromatic carbocycles. The lowest BCUT2D eigenvalue weighted by Gasteiger charge is -2.16. The molecule has 0 aliphatic carbocycles. The Morgan fingerprint density at radius 2 is 2.08 bits per heavy atom. The van der Waals surface area contributed by atoms with Gasteiger partial charge in [-0.25, -0.2) is 0 Å². The van der Waals surface area contributed by atoms with E-state index in [0.29, 0.717) is 19.1 Å². The molecule has 0 spiro atoms. The first-order valence-corrected chi connectivity index (χ1v) is 4.50. The molecule has 0 saturated carbocycles. The summed E-state index contributed by atoms with van der Waals surface area (Å²) in [6.07, 6.45) is 0.834. The van der Waals surface area contributed by atoms with Gasteiger partial charge in [-0.05, 0) is 12.3 Å². The van der Waals surface area contributed by atoms with E-state index in [1.165, 1.54) is 0 Å². The first-order valence-electron chi connectivity index (χ1n) is 4.50. The van der Waals surface area contributed by atoms with Gasteiger partial charge in [0.25, 0.3) is 0 Å². The molecule has 0 aliphatic rings. The lowest BCUT2D eigenvalue weighted by atomic mass is 9.94. The summed E-state index contributed by atoms with van der Waals surface area (Å²) in [5, 5.41) is 0. The largest absolute Gasteiger partial charge is 0.464 e. The molecule has 0 heterocycles. The molecule has 0 saturated heterocycles. The predicted octanol–water partition coefficient (Wildman–Crippen LogP) is 1.17. The highest BCUT2D eigenvalue weighted by Gasteiger charge is 2.20. The van der Waals surface area contributed by atoms with Crippen LogP contribution in [-0.2, 0) is 9.53 Å². The quantitative estimate of drug-likeness (QED) is 0.635. The normalized spacial score (nSPS) is 13.1. The van der Waals surface area contributed by atoms with Gasteiger partial charge < -0.3 is 10.5 Å². The highest BCUT2D eigenvalue weighted by Crippen LogP contribution is 2.16. The minimum absolute atomic E-state index is 0.0246. The highest BCUT2D eigenvalue weighted by molar-refractivity contribution is 5.72. The minimum Gasteiger partial charge on any atom is -0.464 e. The molecule has 0 aromatic heterocycles. The minimum atomic E-state index is -0.113. The summed E-state index contributed by atoms with van der Waals surface area (Å²) < 4.78 is 4.94. The SMILES string of the molecule is CCC(C(=O)OCCN)C(C)C. The summed E-state index contributed by atoms with van der Waals surface area (Å²) in [4.78, 5) is 11.3. The molecule has 12 heavy (non-hydrogen) atoms. The number of hydrogen-bond acceptors (Lipinski definition) is 3. The summed E-state index contributed by atoms with van der Waals surface area (Å²) in [5.41, 5.74) is 5.22. The first kappa shape index (κ1) is 11.4. The third-order valence-corrected chi connectivity index (χ3v) is 1.91. The van der Waals surface area contributed by atoms with Crippen LogP contribution in [0.4, 0.5) is 0 Å². The number of carbonyl (C=O) groups excluding carboxylic acids is 1. The molecular weight excluding hydrogens is 154 g/mol. The molecule has 1 unspecified atom stereocenters. The smallest absolute Gasteiger partial charge is 0.309 e. The van der Waals surface area contributed by atoms with Gasteiger partial charge >= 0.3 is 5.97 Å². The zero-order chi connectivity index (χ0) is 9.56. The molecule has 0 aliphatic heterocycles. The molecule has 72 valence electrons. The van der Waals surface area contributed by atoms with Crippen LogP contribution < -0.4 is 5.73 Å². The Hall–Kier alpha value is -0.570. The second-order valence-electron chi connectivity index (χ2n) is 3.21. The van der Waals surface area contributed by atoms with Crippen molar-refractivity contribution in [2.75, 3.05) is 13.2 Å². The van der Waals surface area contributed by atoms with Crippen molar-refractivity contribution in [1.29, 1.82) is 0 Å². The van der Waals surface area contributed by atoms with Gasteiger partial charge in [0.15, 0.2) is 0 Å². The van der Waals surface area contributed by atoms with Crippen molar-refractivity contribution in [2.24, 2.45) is 17.6 Å². The van der Waals surface area contributed by atoms with E-state index >= 15 is 0 Å². The Morgan fingerprint density at radius 3 is 2.42 bits per heavy atom. The lowest BCUT2D eigenvalue weighted by molar-refractivity contribution is -0.149. The Balaban J connectivity index is 3.86. The molecular formula is C9H19NO2. The molecule has 0 fully saturated rings. The van der Waals surface area contributed by atoms with Crippen LogP contribution in [0, 0.1) is 11.8 Å². The molecule has 0 aromatic rings. The molecule has 2 N–H and O–H groups in total. The van der Waals surface area contributed by atoms with Crippen LogP contribution in [0.15, 0.2) is 0 Å². The van der Waals surface area contributed by atoms with Gasteiger partial charge in [-0.1, -0.05) is 20.8 Å². The molecule has 0 radical (unpaired) electrons. The van der Waals surface area contributed by atoms with E-state index in [2.05, 4.69) is 0 Å². The van der Waals surface area contributed by atoms with E-state index in [-0.39, 0.29) is 11.9 Å². The van der Waals surface area contributed by atoms with Gasteiger partial charge in [0.1, 0.15) is 6.61 Å². The Morgan fingerprint density at radius 1 is 1.50 bits per heavy atom. The van der Waals surface area contributed by atoms with Crippen LogP contribution in [0.2, 0.25) is 0 Å². The lowest BCUT2D eigenvalue weighted by Crippen LogP contribution is -2.24. The van der Waals surface area contributed by atoms with Gasteiger partial charge in [0, 0.05) is 6.54 Å². The van der Waals surface area contributed by atoms with Crippen LogP contribution in [0.3, 0.4) is 0 Å². The third kappa shape index (κ3) is 3.72. The summed E-state index contributed by atoms with van der Waals surface area (Å²) in [7, 11) is 0. The number of carbonyl (C=O) groups is 1. The first-order chi connectivity index (χ1) is 5.63. The Labute approximate surface area is 74.3 Å². The number of rotatable bonds is 5. The fourth-order valence-electron chi connectivity index (χ4n) is 1.18. The number of ether oxygens (including phenoxy) is 1. The molecule has 3 nitrogen and oxygen atoms in total. The van der Waals surface area contributed by atoms with Crippen molar-refractivity contribution < 1.29 is 9.53 Å². The van der Waals surface area contributed by atoms with E-state index in [9.17, 15) is 4.79 Å². The van der Waals surface area contributed by atoms with Crippen molar-refractivity contribution in [3.63, 3.8) is 0 Å². The summed E-state index contributed by atoms with van der Waals surface area (Å²) in [6.45, 7) is 6.78. The topological polar surface area (TPSA) is 52.3 Å². The number of esters is 1. The van der Waals surface area contributed by atoms with Crippen LogP contribution in [-0.4, -0.2) is 19.1 Å². The van der Waals surface area contributed by atoms with E-state index in [1.54, 1.807) is 0 Å². The van der Waals surface area contributed by atoms with Gasteiger partial charge in [-0.15, -0.1) is 0 Å². The van der Waals surface area contributed by atoms with Crippen molar-refractivity contribution in [2.45, 2.75) is 27.2 Å². The summed E-state index contributed by atoms with van der Waals surface area (Å²) >= 11 is 0. The molecule has 0 rings (SSSR count). The van der Waals surface area contributed by atoms with Gasteiger partial charge in [-0.3, -0.25) is 4.79 Å². The van der Waals surface area contributed by atoms with Gasteiger partial charge in [-0.2, -0.15) is 0 Å². The predicted molar refractivity (Wildman–Crippen MR) is 48.6 cm³/mol. The summed E-state index contributed by atoms with van der Waals surface area (Å²) in [5.74, 6) is 0.259. The monoisotopic (exact) mass is 173 g/mol. The van der Waals surface area contributed by atoms with Crippen LogP contribution in [0.25, 0.3) is 0 Å². The second-order valence-corrected chi connectivity index (χ2v) is 3.21. The molecule has 0 amide bonds. The standard InChI is InChI=1S/C9H19NO2/c1-4-8(7(2)3)9(11)12-6-5-10/h7-8H,4-6,10H2,1-3H3. The second kappa shape index (κ2) is 6.00. The van der Waals surface area contributed by atoms with Crippen molar-refractivity contribution in [1.82, 2.24) is 0 Å². The Kier molecular flexibility index (Phi) is 5.72. The molecule has 3 heteroatoms. The van der Waals surface area contributed by atoms with E-state index in [1.807, 2.05) is 20.8 Å². The maximum Gasteiger partial charge on any atom is 0.309 e. The zero-order valence-corrected chi connectivity index (χ0v) is 8.17. The highest BCUT2D eigenvalue weighted by atomic mass is 16.5. The molecule has 0 bridgehead atoms. The fraction of sp³-hybridized carbons (Fsp3) is 0.889. The zero-order valence-electron chi connectivity index (χ0n) is 8.17. The maximum absolute atomic E-state index is 11.3. The Bertz CT molecular complexity index is 134. The van der Waals surface area contributed by atoms with E-state index in [0.717, 1.165) is 6.42 Å². The van der Waals surface area contributed by atoms with Crippen molar-refractivity contribution in [3.8, 4) is 0 Å². The van der Waals surface area contributed by atoms with Crippen LogP contribution in [0.5, 0.6) is 0 Å². The average Bonchev–Trinajstić information content (AvgIpc) is 2.01. The van der Waals surface area contributed by atoms with Crippen molar-refractivity contribution in [3.05, 3.63) is 0 Å². The van der Waals surface area contributed by atoms with Crippen LogP contribution >= 0.6 is 0 Å². The fourth-order valence-corrected chi connectivity index (χ4v) is 1.18.